The van der Waals surface area contributed by atoms with Gasteiger partial charge in [-0.15, -0.1) is 0 Å². The summed E-state index contributed by atoms with van der Waals surface area (Å²) in [6.45, 7) is 5.29. The lowest BCUT2D eigenvalue weighted by Crippen LogP contribution is -2.14. The molecule has 8 nitrogen and oxygen atoms in total. The van der Waals surface area contributed by atoms with Crippen molar-refractivity contribution in [1.29, 1.82) is 0 Å². The fourth-order valence-electron chi connectivity index (χ4n) is 2.60. The molecule has 0 saturated heterocycles. The third-order valence-corrected chi connectivity index (χ3v) is 3.66. The Kier molecular flexibility index (Phi) is 4.92. The summed E-state index contributed by atoms with van der Waals surface area (Å²) >= 11 is 0. The molecule has 0 amide bonds. The van der Waals surface area contributed by atoms with E-state index >= 15 is 0 Å². The average Bonchev–Trinajstić information content (AvgIpc) is 3.15. The zero-order chi connectivity index (χ0) is 18.7. The topological polar surface area (TPSA) is 106 Å². The number of para-hydroxylation sites is 2. The summed E-state index contributed by atoms with van der Waals surface area (Å²) in [5.41, 5.74) is 1.61. The largest absolute Gasteiger partial charge is 0.462 e. The number of carbonyl (C=O) groups excluding carboxylic acids is 2. The average molecular weight is 357 g/mol. The number of rotatable bonds is 6. The van der Waals surface area contributed by atoms with Crippen LogP contribution in [-0.2, 0) is 9.47 Å². The normalized spacial score (nSPS) is 10.7. The van der Waals surface area contributed by atoms with Gasteiger partial charge in [0.2, 0.25) is 11.8 Å². The molecule has 0 saturated carbocycles. The van der Waals surface area contributed by atoms with E-state index in [0.29, 0.717) is 5.95 Å². The lowest BCUT2D eigenvalue weighted by Gasteiger charge is -2.06. The van der Waals surface area contributed by atoms with E-state index in [-0.39, 0.29) is 36.0 Å². The second kappa shape index (κ2) is 7.30. The van der Waals surface area contributed by atoms with Crippen molar-refractivity contribution >= 4 is 34.8 Å². The number of aromatic nitrogens is 2. The summed E-state index contributed by atoms with van der Waals surface area (Å²) in [6.07, 6.45) is 0. The quantitative estimate of drug-likeness (QED) is 0.650. The summed E-state index contributed by atoms with van der Waals surface area (Å²) < 4.78 is 15.7. The molecule has 0 bridgehead atoms. The number of anilines is 2. The first-order valence-electron chi connectivity index (χ1n) is 8.24. The molecular weight excluding hydrogens is 338 g/mol. The summed E-state index contributed by atoms with van der Waals surface area (Å²) in [7, 11) is 0. The Morgan fingerprint density at radius 2 is 1.77 bits per heavy atom. The minimum Gasteiger partial charge on any atom is -0.462 e. The minimum atomic E-state index is -0.675. The SMILES string of the molecule is CCOC(=O)c1c(C)oc(Nc2nc3ccccc3[nH]2)c1C(=O)OCC. The molecule has 0 aliphatic heterocycles. The molecular formula is C18H19N3O5. The molecule has 0 spiro atoms. The first kappa shape index (κ1) is 17.5. The molecule has 0 aliphatic carbocycles. The van der Waals surface area contributed by atoms with Crippen LogP contribution in [0.3, 0.4) is 0 Å². The van der Waals surface area contributed by atoms with Crippen molar-refractivity contribution in [3.63, 3.8) is 0 Å². The summed E-state index contributed by atoms with van der Waals surface area (Å²) in [6, 6.07) is 7.47. The van der Waals surface area contributed by atoms with Crippen LogP contribution in [0.4, 0.5) is 11.8 Å². The Balaban J connectivity index is 2.03. The molecule has 0 unspecified atom stereocenters. The van der Waals surface area contributed by atoms with Gasteiger partial charge in [-0.05, 0) is 32.9 Å². The van der Waals surface area contributed by atoms with Gasteiger partial charge in [-0.3, -0.25) is 5.32 Å². The number of hydrogen-bond acceptors (Lipinski definition) is 7. The molecule has 3 aromatic rings. The van der Waals surface area contributed by atoms with E-state index in [1.54, 1.807) is 20.8 Å². The van der Waals surface area contributed by atoms with E-state index in [1.807, 2.05) is 24.3 Å². The Morgan fingerprint density at radius 1 is 1.12 bits per heavy atom. The summed E-state index contributed by atoms with van der Waals surface area (Å²) in [5, 5.41) is 2.92. The lowest BCUT2D eigenvalue weighted by atomic mass is 10.1. The van der Waals surface area contributed by atoms with Crippen molar-refractivity contribution in [1.82, 2.24) is 9.97 Å². The van der Waals surface area contributed by atoms with Crippen LogP contribution in [0, 0.1) is 6.92 Å². The number of nitrogens with zero attached hydrogens (tertiary/aromatic N) is 1. The summed E-state index contributed by atoms with van der Waals surface area (Å²) in [5.74, 6) is -0.616. The summed E-state index contributed by atoms with van der Waals surface area (Å²) in [4.78, 5) is 32.1. The van der Waals surface area contributed by atoms with Crippen LogP contribution >= 0.6 is 0 Å². The van der Waals surface area contributed by atoms with Crippen LogP contribution in [0.25, 0.3) is 11.0 Å². The van der Waals surface area contributed by atoms with Gasteiger partial charge in [0.05, 0.1) is 24.2 Å². The molecule has 3 rings (SSSR count). The molecule has 0 atom stereocenters. The van der Waals surface area contributed by atoms with Gasteiger partial charge in [-0.2, -0.15) is 0 Å². The molecule has 0 radical (unpaired) electrons. The number of H-pyrrole nitrogens is 1. The predicted molar refractivity (Wildman–Crippen MR) is 94.7 cm³/mol. The first-order chi connectivity index (χ1) is 12.5. The molecule has 26 heavy (non-hydrogen) atoms. The van der Waals surface area contributed by atoms with E-state index in [9.17, 15) is 9.59 Å². The molecule has 136 valence electrons. The second-order valence-corrected chi connectivity index (χ2v) is 5.41. The molecule has 2 heterocycles. The predicted octanol–water partition coefficient (Wildman–Crippen LogP) is 3.56. The van der Waals surface area contributed by atoms with Crippen LogP contribution in [0.1, 0.15) is 40.3 Å². The van der Waals surface area contributed by atoms with Crippen LogP contribution in [0.5, 0.6) is 0 Å². The van der Waals surface area contributed by atoms with Gasteiger partial charge in [-0.25, -0.2) is 14.6 Å². The maximum Gasteiger partial charge on any atom is 0.344 e. The zero-order valence-corrected chi connectivity index (χ0v) is 14.7. The van der Waals surface area contributed by atoms with E-state index in [1.165, 1.54) is 0 Å². The van der Waals surface area contributed by atoms with Gasteiger partial charge in [0, 0.05) is 0 Å². The van der Waals surface area contributed by atoms with Crippen LogP contribution in [0.2, 0.25) is 0 Å². The van der Waals surface area contributed by atoms with Gasteiger partial charge < -0.3 is 18.9 Å². The van der Waals surface area contributed by atoms with Crippen molar-refractivity contribution in [3.05, 3.63) is 41.2 Å². The number of aromatic amines is 1. The van der Waals surface area contributed by atoms with E-state index in [2.05, 4.69) is 15.3 Å². The number of aryl methyl sites for hydroxylation is 1. The number of nitrogens with one attached hydrogen (secondary N) is 2. The van der Waals surface area contributed by atoms with Crippen molar-refractivity contribution < 1.29 is 23.5 Å². The number of benzene rings is 1. The zero-order valence-electron chi connectivity index (χ0n) is 14.7. The van der Waals surface area contributed by atoms with E-state index < -0.39 is 11.9 Å². The van der Waals surface area contributed by atoms with Gasteiger partial charge in [0.25, 0.3) is 0 Å². The number of esters is 2. The Morgan fingerprint density at radius 3 is 2.42 bits per heavy atom. The fraction of sp³-hybridized carbons (Fsp3) is 0.278. The Labute approximate surface area is 149 Å². The first-order valence-corrected chi connectivity index (χ1v) is 8.24. The maximum atomic E-state index is 12.4. The number of fused-ring (bicyclic) bond motifs is 1. The Hall–Kier alpha value is -3.29. The number of carbonyl (C=O) groups is 2. The second-order valence-electron chi connectivity index (χ2n) is 5.41. The molecule has 0 aliphatic rings. The number of furan rings is 1. The highest BCUT2D eigenvalue weighted by atomic mass is 16.5. The molecule has 8 heteroatoms. The number of hydrogen-bond donors (Lipinski definition) is 2. The minimum absolute atomic E-state index is 0.0109. The van der Waals surface area contributed by atoms with Crippen LogP contribution in [0.15, 0.2) is 28.7 Å². The standard InChI is InChI=1S/C18H19N3O5/c1-4-24-16(22)13-10(3)26-15(14(13)17(23)25-5-2)21-18-19-11-8-6-7-9-12(11)20-18/h6-9H,4-5H2,1-3H3,(H2,19,20,21). The lowest BCUT2D eigenvalue weighted by molar-refractivity contribution is 0.0480. The fourth-order valence-corrected chi connectivity index (χ4v) is 2.60. The van der Waals surface area contributed by atoms with Crippen molar-refractivity contribution in [2.45, 2.75) is 20.8 Å². The van der Waals surface area contributed by atoms with E-state index in [0.717, 1.165) is 11.0 Å². The van der Waals surface area contributed by atoms with Crippen molar-refractivity contribution in [2.24, 2.45) is 0 Å². The molecule has 2 N–H and O–H groups in total. The van der Waals surface area contributed by atoms with Gasteiger partial charge in [0.15, 0.2) is 0 Å². The van der Waals surface area contributed by atoms with Gasteiger partial charge in [0.1, 0.15) is 16.9 Å². The highest BCUT2D eigenvalue weighted by molar-refractivity contribution is 6.07. The van der Waals surface area contributed by atoms with E-state index in [4.69, 9.17) is 13.9 Å². The highest BCUT2D eigenvalue weighted by Crippen LogP contribution is 2.31. The van der Waals surface area contributed by atoms with Crippen molar-refractivity contribution in [2.75, 3.05) is 18.5 Å². The Bertz CT molecular complexity index is 924. The molecule has 1 aromatic carbocycles. The molecule has 0 fully saturated rings. The van der Waals surface area contributed by atoms with Crippen LogP contribution in [-0.4, -0.2) is 35.1 Å². The highest BCUT2D eigenvalue weighted by Gasteiger charge is 2.31. The smallest absolute Gasteiger partial charge is 0.344 e. The maximum absolute atomic E-state index is 12.4. The third-order valence-electron chi connectivity index (χ3n) is 3.66. The van der Waals surface area contributed by atoms with Gasteiger partial charge in [-0.1, -0.05) is 12.1 Å². The molecule has 2 aromatic heterocycles. The number of ether oxygens (including phenoxy) is 2. The monoisotopic (exact) mass is 357 g/mol. The van der Waals surface area contributed by atoms with Crippen LogP contribution < -0.4 is 5.32 Å². The van der Waals surface area contributed by atoms with Crippen molar-refractivity contribution in [3.8, 4) is 0 Å². The third kappa shape index (κ3) is 3.26. The van der Waals surface area contributed by atoms with Gasteiger partial charge >= 0.3 is 11.9 Å². The number of imidazole rings is 1.